The van der Waals surface area contributed by atoms with Gasteiger partial charge in [-0.3, -0.25) is 4.79 Å². The van der Waals surface area contributed by atoms with Gasteiger partial charge in [-0.25, -0.2) is 5.43 Å². The standard InChI is InChI=1S/C11H11ClN2O/c1-2-3-7-13-14-11(15)9-5-4-6-10(12)8-9/h2-8H,1H3,(H,14,15). The first-order valence-electron chi connectivity index (χ1n) is 4.44. The van der Waals surface area contributed by atoms with E-state index in [2.05, 4.69) is 10.5 Å². The molecule has 0 aliphatic carbocycles. The van der Waals surface area contributed by atoms with E-state index in [-0.39, 0.29) is 5.91 Å². The molecule has 0 aliphatic rings. The number of amides is 1. The second-order valence-corrected chi connectivity index (χ2v) is 3.19. The van der Waals surface area contributed by atoms with Gasteiger partial charge in [-0.05, 0) is 31.2 Å². The number of nitrogens with zero attached hydrogens (tertiary/aromatic N) is 1. The van der Waals surface area contributed by atoms with Crippen molar-refractivity contribution in [3.63, 3.8) is 0 Å². The van der Waals surface area contributed by atoms with Gasteiger partial charge in [0.1, 0.15) is 0 Å². The fourth-order valence-corrected chi connectivity index (χ4v) is 1.11. The number of allylic oxidation sites excluding steroid dienone is 2. The largest absolute Gasteiger partial charge is 0.271 e. The molecule has 15 heavy (non-hydrogen) atoms. The van der Waals surface area contributed by atoms with E-state index in [1.807, 2.05) is 13.0 Å². The van der Waals surface area contributed by atoms with Crippen molar-refractivity contribution < 1.29 is 4.79 Å². The average Bonchev–Trinajstić information content (AvgIpc) is 2.24. The predicted octanol–water partition coefficient (Wildman–Crippen LogP) is 2.63. The molecule has 0 bridgehead atoms. The molecule has 0 fully saturated rings. The van der Waals surface area contributed by atoms with Crippen molar-refractivity contribution in [3.8, 4) is 0 Å². The molecule has 3 nitrogen and oxygen atoms in total. The summed E-state index contributed by atoms with van der Waals surface area (Å²) in [6.07, 6.45) is 5.04. The zero-order valence-electron chi connectivity index (χ0n) is 8.27. The Morgan fingerprint density at radius 3 is 3.00 bits per heavy atom. The van der Waals surface area contributed by atoms with E-state index in [4.69, 9.17) is 11.6 Å². The third-order valence-electron chi connectivity index (χ3n) is 1.61. The number of benzene rings is 1. The number of hydrogen-bond donors (Lipinski definition) is 1. The summed E-state index contributed by atoms with van der Waals surface area (Å²) >= 11 is 5.74. The molecule has 78 valence electrons. The molecule has 0 atom stereocenters. The molecule has 1 amide bonds. The molecule has 0 radical (unpaired) electrons. The van der Waals surface area contributed by atoms with E-state index >= 15 is 0 Å². The summed E-state index contributed by atoms with van der Waals surface area (Å²) in [5, 5.41) is 4.24. The van der Waals surface area contributed by atoms with Crippen molar-refractivity contribution >= 4 is 23.7 Å². The summed E-state index contributed by atoms with van der Waals surface area (Å²) in [4.78, 5) is 11.5. The fourth-order valence-electron chi connectivity index (χ4n) is 0.919. The Bertz CT molecular complexity index is 399. The molecule has 4 heteroatoms. The van der Waals surface area contributed by atoms with Gasteiger partial charge in [-0.15, -0.1) is 0 Å². The van der Waals surface area contributed by atoms with Crippen LogP contribution in [0, 0.1) is 0 Å². The Labute approximate surface area is 93.4 Å². The fraction of sp³-hybridized carbons (Fsp3) is 0.0909. The average molecular weight is 223 g/mol. The van der Waals surface area contributed by atoms with E-state index < -0.39 is 0 Å². The lowest BCUT2D eigenvalue weighted by Crippen LogP contribution is -2.17. The smallest absolute Gasteiger partial charge is 0.267 e. The molecule has 0 aliphatic heterocycles. The molecular weight excluding hydrogens is 212 g/mol. The maximum atomic E-state index is 11.5. The number of carbonyl (C=O) groups is 1. The van der Waals surface area contributed by atoms with E-state index in [0.717, 1.165) is 0 Å². The summed E-state index contributed by atoms with van der Waals surface area (Å²) in [6.45, 7) is 1.87. The van der Waals surface area contributed by atoms with Crippen LogP contribution in [0.25, 0.3) is 0 Å². The van der Waals surface area contributed by atoms with Gasteiger partial charge in [0.2, 0.25) is 0 Å². The molecule has 0 saturated heterocycles. The highest BCUT2D eigenvalue weighted by Crippen LogP contribution is 2.10. The number of halogens is 1. The van der Waals surface area contributed by atoms with Gasteiger partial charge in [0.15, 0.2) is 0 Å². The SMILES string of the molecule is CC=CC=NNC(=O)c1cccc(Cl)c1. The van der Waals surface area contributed by atoms with Gasteiger partial charge in [-0.2, -0.15) is 5.10 Å². The Morgan fingerprint density at radius 1 is 1.53 bits per heavy atom. The first-order chi connectivity index (χ1) is 7.24. The molecule has 0 spiro atoms. The van der Waals surface area contributed by atoms with Crippen LogP contribution in [-0.2, 0) is 0 Å². The Hall–Kier alpha value is -1.61. The number of rotatable bonds is 3. The molecule has 0 saturated carbocycles. The zero-order valence-corrected chi connectivity index (χ0v) is 9.03. The molecule has 1 rings (SSSR count). The number of nitrogens with one attached hydrogen (secondary N) is 1. The van der Waals surface area contributed by atoms with Crippen LogP contribution in [-0.4, -0.2) is 12.1 Å². The summed E-state index contributed by atoms with van der Waals surface area (Å²) in [5.41, 5.74) is 2.87. The summed E-state index contributed by atoms with van der Waals surface area (Å²) < 4.78 is 0. The van der Waals surface area contributed by atoms with Crippen molar-refractivity contribution in [2.45, 2.75) is 6.92 Å². The second kappa shape index (κ2) is 5.98. The van der Waals surface area contributed by atoms with Crippen LogP contribution in [0.15, 0.2) is 41.5 Å². The van der Waals surface area contributed by atoms with Gasteiger partial charge >= 0.3 is 0 Å². The van der Waals surface area contributed by atoms with Crippen LogP contribution in [0.1, 0.15) is 17.3 Å². The highest BCUT2D eigenvalue weighted by Gasteiger charge is 2.03. The van der Waals surface area contributed by atoms with Gasteiger partial charge in [0, 0.05) is 16.8 Å². The zero-order chi connectivity index (χ0) is 11.1. The van der Waals surface area contributed by atoms with Crippen LogP contribution in [0.5, 0.6) is 0 Å². The van der Waals surface area contributed by atoms with Crippen LogP contribution in [0.2, 0.25) is 5.02 Å². The van der Waals surface area contributed by atoms with Gasteiger partial charge in [-0.1, -0.05) is 23.7 Å². The van der Waals surface area contributed by atoms with E-state index in [9.17, 15) is 4.79 Å². The highest BCUT2D eigenvalue weighted by molar-refractivity contribution is 6.30. The molecule has 0 unspecified atom stereocenters. The molecule has 1 aromatic carbocycles. The van der Waals surface area contributed by atoms with Gasteiger partial charge in [0.05, 0.1) is 0 Å². The molecule has 0 heterocycles. The second-order valence-electron chi connectivity index (χ2n) is 2.76. The molecule has 1 N–H and O–H groups in total. The minimum atomic E-state index is -0.279. The van der Waals surface area contributed by atoms with Crippen molar-refractivity contribution in [2.75, 3.05) is 0 Å². The Balaban J connectivity index is 2.61. The third-order valence-corrected chi connectivity index (χ3v) is 1.84. The summed E-state index contributed by atoms with van der Waals surface area (Å²) in [5.74, 6) is -0.279. The Kier molecular flexibility index (Phi) is 4.57. The van der Waals surface area contributed by atoms with Crippen molar-refractivity contribution in [1.29, 1.82) is 0 Å². The minimum Gasteiger partial charge on any atom is -0.267 e. The van der Waals surface area contributed by atoms with Crippen LogP contribution in [0.4, 0.5) is 0 Å². The number of hydrogen-bond acceptors (Lipinski definition) is 2. The summed E-state index contributed by atoms with van der Waals surface area (Å²) in [7, 11) is 0. The lowest BCUT2D eigenvalue weighted by Gasteiger charge is -1.98. The molecule has 0 aromatic heterocycles. The normalized spacial score (nSPS) is 11.1. The Morgan fingerprint density at radius 2 is 2.33 bits per heavy atom. The van der Waals surface area contributed by atoms with E-state index in [1.54, 1.807) is 30.3 Å². The molecular formula is C11H11ClN2O. The molecule has 1 aromatic rings. The lowest BCUT2D eigenvalue weighted by molar-refractivity contribution is 0.0955. The van der Waals surface area contributed by atoms with Crippen LogP contribution >= 0.6 is 11.6 Å². The van der Waals surface area contributed by atoms with Gasteiger partial charge < -0.3 is 0 Å². The first kappa shape index (κ1) is 11.5. The van der Waals surface area contributed by atoms with E-state index in [0.29, 0.717) is 10.6 Å². The van der Waals surface area contributed by atoms with Crippen molar-refractivity contribution in [1.82, 2.24) is 5.43 Å². The maximum absolute atomic E-state index is 11.5. The highest BCUT2D eigenvalue weighted by atomic mass is 35.5. The van der Waals surface area contributed by atoms with Crippen molar-refractivity contribution in [2.24, 2.45) is 5.10 Å². The van der Waals surface area contributed by atoms with Crippen LogP contribution < -0.4 is 5.43 Å². The monoisotopic (exact) mass is 222 g/mol. The summed E-state index contributed by atoms with van der Waals surface area (Å²) in [6, 6.07) is 6.68. The van der Waals surface area contributed by atoms with Gasteiger partial charge in [0.25, 0.3) is 5.91 Å². The predicted molar refractivity (Wildman–Crippen MR) is 62.2 cm³/mol. The third kappa shape index (κ3) is 3.95. The quantitative estimate of drug-likeness (QED) is 0.620. The minimum absolute atomic E-state index is 0.279. The number of carbonyl (C=O) groups excluding carboxylic acids is 1. The number of hydrazone groups is 1. The first-order valence-corrected chi connectivity index (χ1v) is 4.82. The lowest BCUT2D eigenvalue weighted by atomic mass is 10.2. The van der Waals surface area contributed by atoms with E-state index in [1.165, 1.54) is 6.21 Å². The topological polar surface area (TPSA) is 41.5 Å². The van der Waals surface area contributed by atoms with Crippen LogP contribution in [0.3, 0.4) is 0 Å². The van der Waals surface area contributed by atoms with Crippen molar-refractivity contribution in [3.05, 3.63) is 47.0 Å². The maximum Gasteiger partial charge on any atom is 0.271 e.